The minimum absolute atomic E-state index is 0.437. The molecule has 1 unspecified atom stereocenters. The fourth-order valence-corrected chi connectivity index (χ4v) is 2.25. The molecule has 3 heteroatoms. The van der Waals surface area contributed by atoms with Gasteiger partial charge in [0.15, 0.2) is 0 Å². The van der Waals surface area contributed by atoms with Crippen LogP contribution in [-0.2, 0) is 7.05 Å². The fraction of sp³-hybridized carbons (Fsp3) is 0.400. The number of rotatable bonds is 5. The number of aryl methyl sites for hydroxylation is 1. The Morgan fingerprint density at radius 1 is 1.28 bits per heavy atom. The van der Waals surface area contributed by atoms with Crippen LogP contribution >= 0.6 is 0 Å². The number of hydrogen-bond donors (Lipinski definition) is 1. The van der Waals surface area contributed by atoms with Crippen LogP contribution in [0.4, 0.5) is 0 Å². The highest BCUT2D eigenvalue weighted by molar-refractivity contribution is 5.62. The van der Waals surface area contributed by atoms with Gasteiger partial charge in [0.2, 0.25) is 0 Å². The Morgan fingerprint density at radius 2 is 2.11 bits per heavy atom. The van der Waals surface area contributed by atoms with Gasteiger partial charge in [-0.15, -0.1) is 0 Å². The molecule has 2 aromatic rings. The second kappa shape index (κ2) is 5.83. The summed E-state index contributed by atoms with van der Waals surface area (Å²) in [7, 11) is 1.95. The van der Waals surface area contributed by atoms with E-state index in [4.69, 9.17) is 0 Å². The van der Waals surface area contributed by atoms with Crippen LogP contribution < -0.4 is 5.32 Å². The first-order valence-electron chi connectivity index (χ1n) is 6.57. The van der Waals surface area contributed by atoms with E-state index in [0.29, 0.717) is 6.04 Å². The van der Waals surface area contributed by atoms with Crippen molar-refractivity contribution in [2.75, 3.05) is 6.54 Å². The molecule has 0 spiro atoms. The largest absolute Gasteiger partial charge is 0.310 e. The lowest BCUT2D eigenvalue weighted by atomic mass is 10.00. The summed E-state index contributed by atoms with van der Waals surface area (Å²) in [5, 5.41) is 7.74. The maximum atomic E-state index is 4.23. The summed E-state index contributed by atoms with van der Waals surface area (Å²) in [6.07, 6.45) is 5.06. The van der Waals surface area contributed by atoms with Crippen molar-refractivity contribution in [2.45, 2.75) is 26.3 Å². The van der Waals surface area contributed by atoms with Gasteiger partial charge in [-0.25, -0.2) is 0 Å². The number of hydrogen-bond acceptors (Lipinski definition) is 2. The van der Waals surface area contributed by atoms with Crippen molar-refractivity contribution in [1.29, 1.82) is 0 Å². The average Bonchev–Trinajstić information content (AvgIpc) is 2.83. The Balaban J connectivity index is 2.29. The quantitative estimate of drug-likeness (QED) is 0.874. The van der Waals surface area contributed by atoms with E-state index in [9.17, 15) is 0 Å². The third-order valence-electron chi connectivity index (χ3n) is 3.19. The Kier molecular flexibility index (Phi) is 4.15. The summed E-state index contributed by atoms with van der Waals surface area (Å²) in [6, 6.07) is 9.15. The van der Waals surface area contributed by atoms with Crippen LogP contribution in [0.5, 0.6) is 0 Å². The first-order chi connectivity index (χ1) is 8.74. The standard InChI is InChI=1S/C15H21N3/c1-4-15(16-5-2)13-8-6-7-12(9-13)14-10-17-18(3)11-14/h6-11,15-16H,4-5H2,1-3H3. The molecule has 0 aliphatic rings. The molecule has 1 heterocycles. The molecule has 0 bridgehead atoms. The van der Waals surface area contributed by atoms with Crippen molar-refractivity contribution in [3.05, 3.63) is 42.2 Å². The van der Waals surface area contributed by atoms with Gasteiger partial charge < -0.3 is 5.32 Å². The van der Waals surface area contributed by atoms with Crippen LogP contribution in [0.25, 0.3) is 11.1 Å². The van der Waals surface area contributed by atoms with Gasteiger partial charge in [0.1, 0.15) is 0 Å². The maximum absolute atomic E-state index is 4.23. The molecule has 1 N–H and O–H groups in total. The molecule has 1 aromatic carbocycles. The zero-order chi connectivity index (χ0) is 13.0. The monoisotopic (exact) mass is 243 g/mol. The molecule has 0 aliphatic heterocycles. The van der Waals surface area contributed by atoms with Gasteiger partial charge in [-0.2, -0.15) is 5.10 Å². The molecular weight excluding hydrogens is 222 g/mol. The molecule has 96 valence electrons. The molecule has 0 aliphatic carbocycles. The lowest BCUT2D eigenvalue weighted by molar-refractivity contribution is 0.537. The molecular formula is C15H21N3. The van der Waals surface area contributed by atoms with Gasteiger partial charge in [0.25, 0.3) is 0 Å². The van der Waals surface area contributed by atoms with Gasteiger partial charge in [0.05, 0.1) is 6.20 Å². The van der Waals surface area contributed by atoms with Gasteiger partial charge in [0, 0.05) is 24.8 Å². The Hall–Kier alpha value is -1.61. The summed E-state index contributed by atoms with van der Waals surface area (Å²) in [5.41, 5.74) is 3.75. The lowest BCUT2D eigenvalue weighted by Gasteiger charge is -2.16. The molecule has 1 aromatic heterocycles. The topological polar surface area (TPSA) is 29.9 Å². The smallest absolute Gasteiger partial charge is 0.0568 e. The van der Waals surface area contributed by atoms with E-state index < -0.39 is 0 Å². The molecule has 3 nitrogen and oxygen atoms in total. The van der Waals surface area contributed by atoms with Crippen molar-refractivity contribution in [1.82, 2.24) is 15.1 Å². The minimum atomic E-state index is 0.437. The average molecular weight is 243 g/mol. The molecule has 0 fully saturated rings. The van der Waals surface area contributed by atoms with Crippen LogP contribution in [0.15, 0.2) is 36.7 Å². The highest BCUT2D eigenvalue weighted by Crippen LogP contribution is 2.24. The van der Waals surface area contributed by atoms with Crippen LogP contribution in [0, 0.1) is 0 Å². The van der Waals surface area contributed by atoms with Crippen molar-refractivity contribution >= 4 is 0 Å². The van der Waals surface area contributed by atoms with Crippen LogP contribution in [0.1, 0.15) is 31.9 Å². The second-order valence-electron chi connectivity index (χ2n) is 4.55. The highest BCUT2D eigenvalue weighted by atomic mass is 15.2. The first-order valence-corrected chi connectivity index (χ1v) is 6.57. The Morgan fingerprint density at radius 3 is 2.72 bits per heavy atom. The maximum Gasteiger partial charge on any atom is 0.0568 e. The lowest BCUT2D eigenvalue weighted by Crippen LogP contribution is -2.19. The van der Waals surface area contributed by atoms with Gasteiger partial charge in [-0.1, -0.05) is 32.0 Å². The van der Waals surface area contributed by atoms with Crippen molar-refractivity contribution < 1.29 is 0 Å². The van der Waals surface area contributed by atoms with Crippen LogP contribution in [0.3, 0.4) is 0 Å². The van der Waals surface area contributed by atoms with Gasteiger partial charge in [-0.05, 0) is 30.2 Å². The number of nitrogens with zero attached hydrogens (tertiary/aromatic N) is 2. The predicted octanol–water partition coefficient (Wildman–Crippen LogP) is 3.15. The second-order valence-corrected chi connectivity index (χ2v) is 4.55. The van der Waals surface area contributed by atoms with Crippen molar-refractivity contribution in [3.8, 4) is 11.1 Å². The van der Waals surface area contributed by atoms with Gasteiger partial charge >= 0.3 is 0 Å². The zero-order valence-electron chi connectivity index (χ0n) is 11.4. The molecule has 1 atom stereocenters. The number of nitrogens with one attached hydrogen (secondary N) is 1. The summed E-state index contributed by atoms with van der Waals surface area (Å²) in [6.45, 7) is 5.35. The number of aromatic nitrogens is 2. The third-order valence-corrected chi connectivity index (χ3v) is 3.19. The summed E-state index contributed by atoms with van der Waals surface area (Å²) < 4.78 is 1.84. The van der Waals surface area contributed by atoms with E-state index in [1.54, 1.807) is 0 Å². The van der Waals surface area contributed by atoms with Crippen LogP contribution in [0.2, 0.25) is 0 Å². The Bertz CT molecular complexity index is 502. The van der Waals surface area contributed by atoms with Crippen LogP contribution in [-0.4, -0.2) is 16.3 Å². The summed E-state index contributed by atoms with van der Waals surface area (Å²) >= 11 is 0. The molecule has 0 radical (unpaired) electrons. The first kappa shape index (κ1) is 12.8. The van der Waals surface area contributed by atoms with Gasteiger partial charge in [-0.3, -0.25) is 4.68 Å². The molecule has 0 saturated carbocycles. The summed E-state index contributed by atoms with van der Waals surface area (Å²) in [4.78, 5) is 0. The van der Waals surface area contributed by atoms with E-state index in [1.165, 1.54) is 16.7 Å². The number of benzene rings is 1. The fourth-order valence-electron chi connectivity index (χ4n) is 2.25. The normalized spacial score (nSPS) is 12.6. The van der Waals surface area contributed by atoms with Crippen molar-refractivity contribution in [2.24, 2.45) is 7.05 Å². The summed E-state index contributed by atoms with van der Waals surface area (Å²) in [5.74, 6) is 0. The van der Waals surface area contributed by atoms with E-state index in [1.807, 2.05) is 24.1 Å². The predicted molar refractivity (Wildman–Crippen MR) is 75.4 cm³/mol. The Labute approximate surface area is 109 Å². The van der Waals surface area contributed by atoms with E-state index in [2.05, 4.69) is 48.5 Å². The molecule has 0 amide bonds. The highest BCUT2D eigenvalue weighted by Gasteiger charge is 2.09. The van der Waals surface area contributed by atoms with Crippen molar-refractivity contribution in [3.63, 3.8) is 0 Å². The molecule has 0 saturated heterocycles. The van der Waals surface area contributed by atoms with E-state index >= 15 is 0 Å². The SMILES string of the molecule is CCNC(CC)c1cccc(-c2cnn(C)c2)c1. The van der Waals surface area contributed by atoms with E-state index in [0.717, 1.165) is 13.0 Å². The third kappa shape index (κ3) is 2.79. The van der Waals surface area contributed by atoms with E-state index in [-0.39, 0.29) is 0 Å². The molecule has 18 heavy (non-hydrogen) atoms. The minimum Gasteiger partial charge on any atom is -0.310 e. The molecule has 2 rings (SSSR count). The zero-order valence-corrected chi connectivity index (χ0v) is 11.4.